The zero-order chi connectivity index (χ0) is 20.8. The molecule has 0 bridgehead atoms. The number of aromatic nitrogens is 1. The predicted molar refractivity (Wildman–Crippen MR) is 101 cm³/mol. The number of aromatic hydroxyl groups is 3. The first-order chi connectivity index (χ1) is 13.6. The van der Waals surface area contributed by atoms with Gasteiger partial charge in [-0.25, -0.2) is 0 Å². The van der Waals surface area contributed by atoms with Gasteiger partial charge in [0.1, 0.15) is 0 Å². The molecule has 28 heavy (non-hydrogen) atoms. The van der Waals surface area contributed by atoms with Crippen LogP contribution < -0.4 is 4.74 Å². The Morgan fingerprint density at radius 3 is 2.14 bits per heavy atom. The number of methoxy groups -OCH3 is 1. The molecule has 1 aromatic heterocycles. The molecule has 0 fully saturated rings. The molecule has 0 radical (unpaired) electrons. The van der Waals surface area contributed by atoms with Gasteiger partial charge in [-0.3, -0.25) is 9.98 Å². The van der Waals surface area contributed by atoms with Gasteiger partial charge in [0.15, 0.2) is 23.0 Å². The number of pyridine rings is 1. The molecule has 0 unspecified atom stereocenters. The second-order valence-corrected chi connectivity index (χ2v) is 5.18. The van der Waals surface area contributed by atoms with Crippen molar-refractivity contribution in [2.45, 2.75) is 6.54 Å². The fourth-order valence-electron chi connectivity index (χ4n) is 2.00. The molecule has 8 heteroatoms. The summed E-state index contributed by atoms with van der Waals surface area (Å²) < 4.78 is 13.2. The summed E-state index contributed by atoms with van der Waals surface area (Å²) in [5, 5.41) is 27.2. The Bertz CT molecular complexity index is 854. The summed E-state index contributed by atoms with van der Waals surface area (Å²) in [4.78, 5) is 8.41. The fraction of sp³-hybridized carbons (Fsp3) is 0.100. The van der Waals surface area contributed by atoms with E-state index in [1.165, 1.54) is 19.2 Å². The van der Waals surface area contributed by atoms with E-state index in [0.717, 1.165) is 23.1 Å². The summed E-state index contributed by atoms with van der Waals surface area (Å²) in [6.07, 6.45) is 3.35. The van der Waals surface area contributed by atoms with Crippen molar-refractivity contribution in [1.29, 1.82) is 0 Å². The number of phenols is 3. The topological polar surface area (TPSA) is 112 Å². The van der Waals surface area contributed by atoms with Gasteiger partial charge in [0.2, 0.25) is 0 Å². The van der Waals surface area contributed by atoms with Gasteiger partial charge >= 0.3 is 21.0 Å². The number of para-hydroxylation sites is 3. The molecule has 0 atom stereocenters. The third-order valence-electron chi connectivity index (χ3n) is 3.34. The summed E-state index contributed by atoms with van der Waals surface area (Å²) in [5.74, 6) is 0.390. The Labute approximate surface area is 172 Å². The Hall–Kier alpha value is -3.16. The van der Waals surface area contributed by atoms with Crippen molar-refractivity contribution in [2.75, 3.05) is 7.11 Å². The average Bonchev–Trinajstić information content (AvgIpc) is 2.74. The molecule has 0 amide bonds. The first kappa shape index (κ1) is 22.9. The van der Waals surface area contributed by atoms with Gasteiger partial charge in [-0.2, -0.15) is 0 Å². The Balaban J connectivity index is 0.000000327. The quantitative estimate of drug-likeness (QED) is 0.442. The van der Waals surface area contributed by atoms with Gasteiger partial charge in [-0.15, -0.1) is 0 Å². The zero-order valence-electron chi connectivity index (χ0n) is 15.1. The predicted octanol–water partition coefficient (Wildman–Crippen LogP) is 3.39. The number of benzene rings is 2. The molecule has 1 heterocycles. The summed E-state index contributed by atoms with van der Waals surface area (Å²) in [7, 11) is 1.52. The van der Waals surface area contributed by atoms with Crippen LogP contribution in [0, 0.1) is 0 Å². The second kappa shape index (κ2) is 13.1. The van der Waals surface area contributed by atoms with Gasteiger partial charge in [-0.1, -0.05) is 24.3 Å². The molecule has 0 spiro atoms. The zero-order valence-corrected chi connectivity index (χ0v) is 16.5. The molecule has 0 saturated heterocycles. The van der Waals surface area contributed by atoms with Crippen LogP contribution in [0.2, 0.25) is 0 Å². The molecular formula is C20H20N2O5V. The number of rotatable bonds is 4. The molecular weight excluding hydrogens is 399 g/mol. The van der Waals surface area contributed by atoms with E-state index in [1.807, 2.05) is 18.2 Å². The van der Waals surface area contributed by atoms with E-state index in [1.54, 1.807) is 42.7 Å². The molecule has 0 aliphatic carbocycles. The van der Waals surface area contributed by atoms with Gasteiger partial charge in [-0.05, 0) is 36.4 Å². The minimum atomic E-state index is -0.0764. The molecule has 2 aromatic carbocycles. The Kier molecular flexibility index (Phi) is 10.7. The van der Waals surface area contributed by atoms with Gasteiger partial charge in [0.05, 0.1) is 19.3 Å². The molecule has 0 saturated carbocycles. The molecule has 145 valence electrons. The number of hydrogen-bond acceptors (Lipinski definition) is 7. The fourth-order valence-corrected chi connectivity index (χ4v) is 2.00. The minimum absolute atomic E-state index is 0.0764. The van der Waals surface area contributed by atoms with E-state index in [4.69, 9.17) is 18.6 Å². The molecule has 3 rings (SSSR count). The van der Waals surface area contributed by atoms with Gasteiger partial charge < -0.3 is 20.1 Å². The van der Waals surface area contributed by atoms with E-state index in [2.05, 4.69) is 9.98 Å². The average molecular weight is 419 g/mol. The van der Waals surface area contributed by atoms with Crippen molar-refractivity contribution < 1.29 is 41.1 Å². The Morgan fingerprint density at radius 2 is 1.61 bits per heavy atom. The first-order valence-electron chi connectivity index (χ1n) is 8.02. The number of aliphatic imine (C=N–C) groups is 1. The van der Waals surface area contributed by atoms with Crippen molar-refractivity contribution in [1.82, 2.24) is 4.98 Å². The Morgan fingerprint density at radius 1 is 0.964 bits per heavy atom. The van der Waals surface area contributed by atoms with Crippen LogP contribution in [-0.4, -0.2) is 33.6 Å². The summed E-state index contributed by atoms with van der Waals surface area (Å²) in [5.41, 5.74) is 1.52. The van der Waals surface area contributed by atoms with E-state index >= 15 is 0 Å². The van der Waals surface area contributed by atoms with Crippen molar-refractivity contribution in [3.8, 4) is 23.0 Å². The van der Waals surface area contributed by atoms with Crippen LogP contribution in [0.4, 0.5) is 0 Å². The van der Waals surface area contributed by atoms with Crippen LogP contribution in [0.25, 0.3) is 0 Å². The van der Waals surface area contributed by atoms with E-state index in [9.17, 15) is 5.11 Å². The molecule has 3 aromatic rings. The van der Waals surface area contributed by atoms with Crippen LogP contribution in [0.5, 0.6) is 23.0 Å². The van der Waals surface area contributed by atoms with Gasteiger partial charge in [0.25, 0.3) is 0 Å². The summed E-state index contributed by atoms with van der Waals surface area (Å²) in [6.45, 7) is 0.484. The third-order valence-corrected chi connectivity index (χ3v) is 3.34. The van der Waals surface area contributed by atoms with Crippen LogP contribution >= 0.6 is 0 Å². The molecule has 3 N–H and O–H groups in total. The third kappa shape index (κ3) is 7.61. The standard InChI is InChI=1S/C14H14N2O2.C6H6O2.O.V/c1-18-13-7-4-5-11(14(13)17)9-15-10-12-6-2-3-8-16-12;7-5-3-1-2-4-6(5)8;;/h2-9,17H,10H2,1H3;1-4,7-8H;;. The van der Waals surface area contributed by atoms with Crippen molar-refractivity contribution in [3.63, 3.8) is 0 Å². The number of ether oxygens (including phenoxy) is 1. The molecule has 7 nitrogen and oxygen atoms in total. The molecule has 0 aliphatic heterocycles. The first-order valence-corrected chi connectivity index (χ1v) is 8.59. The van der Waals surface area contributed by atoms with E-state index < -0.39 is 0 Å². The van der Waals surface area contributed by atoms with Crippen LogP contribution in [0.1, 0.15) is 11.3 Å². The van der Waals surface area contributed by atoms with Crippen molar-refractivity contribution in [2.24, 2.45) is 4.99 Å². The van der Waals surface area contributed by atoms with Gasteiger partial charge in [0, 0.05) is 18.0 Å². The molecule has 0 aliphatic rings. The second-order valence-electron chi connectivity index (χ2n) is 5.18. The normalized spacial score (nSPS) is 9.57. The number of nitrogens with zero attached hydrogens (tertiary/aromatic N) is 2. The summed E-state index contributed by atoms with van der Waals surface area (Å²) >= 11 is 1.06. The number of hydrogen-bond donors (Lipinski definition) is 3. The van der Waals surface area contributed by atoms with E-state index in [0.29, 0.717) is 17.9 Å². The summed E-state index contributed by atoms with van der Waals surface area (Å²) in [6, 6.07) is 17.1. The van der Waals surface area contributed by atoms with Crippen molar-refractivity contribution in [3.05, 3.63) is 78.1 Å². The van der Waals surface area contributed by atoms with Crippen LogP contribution in [-0.2, 0) is 27.6 Å². The SMILES string of the molecule is COc1cccc(C=NCc2ccccn2)c1O.Oc1ccccc1O.[O]=[V]. The van der Waals surface area contributed by atoms with Crippen molar-refractivity contribution >= 4 is 6.21 Å². The number of phenolic OH excluding ortho intramolecular Hbond substituents is 3. The monoisotopic (exact) mass is 419 g/mol. The maximum atomic E-state index is 9.85. The van der Waals surface area contributed by atoms with E-state index in [-0.39, 0.29) is 17.2 Å². The van der Waals surface area contributed by atoms with Crippen LogP contribution in [0.15, 0.2) is 71.9 Å². The van der Waals surface area contributed by atoms with Crippen LogP contribution in [0.3, 0.4) is 0 Å². The maximum absolute atomic E-state index is 9.85.